The summed E-state index contributed by atoms with van der Waals surface area (Å²) in [7, 11) is 2.21. The van der Waals surface area contributed by atoms with E-state index in [1.165, 1.54) is 11.3 Å². The average Bonchev–Trinajstić information content (AvgIpc) is 3.06. The van der Waals surface area contributed by atoms with Crippen LogP contribution in [-0.2, 0) is 5.41 Å². The van der Waals surface area contributed by atoms with Crippen LogP contribution in [0.4, 0.5) is 5.69 Å². The normalized spacial score (nSPS) is 53.6. The predicted molar refractivity (Wildman–Crippen MR) is 105 cm³/mol. The van der Waals surface area contributed by atoms with Crippen LogP contribution in [0.2, 0.25) is 0 Å². The fraction of sp³-hybridized carbons (Fsp3) is 0.652. The van der Waals surface area contributed by atoms with Gasteiger partial charge in [0.2, 0.25) is 0 Å². The molecule has 144 valence electrons. The van der Waals surface area contributed by atoms with E-state index in [0.29, 0.717) is 29.8 Å². The lowest BCUT2D eigenvalue weighted by Gasteiger charge is -2.67. The smallest absolute Gasteiger partial charge is 0.194 e. The minimum Gasteiger partial charge on any atom is -0.392 e. The van der Waals surface area contributed by atoms with Crippen LogP contribution in [0.3, 0.4) is 0 Å². The minimum atomic E-state index is -0.321. The largest absolute Gasteiger partial charge is 0.392 e. The zero-order chi connectivity index (χ0) is 18.7. The summed E-state index contributed by atoms with van der Waals surface area (Å²) in [6.07, 6.45) is 4.52. The first-order valence-electron chi connectivity index (χ1n) is 10.7. The number of hydrogen-bond acceptors (Lipinski definition) is 3. The zero-order valence-corrected chi connectivity index (χ0v) is 16.3. The van der Waals surface area contributed by atoms with Crippen molar-refractivity contribution in [1.82, 2.24) is 0 Å². The van der Waals surface area contributed by atoms with Crippen LogP contribution in [-0.4, -0.2) is 58.7 Å². The summed E-state index contributed by atoms with van der Waals surface area (Å²) in [5.74, 6) is 1.05. The van der Waals surface area contributed by atoms with Crippen molar-refractivity contribution in [1.29, 1.82) is 0 Å². The maximum Gasteiger partial charge on any atom is 0.194 e. The van der Waals surface area contributed by atoms with E-state index in [0.717, 1.165) is 30.3 Å². The van der Waals surface area contributed by atoms with E-state index in [1.807, 2.05) is 6.08 Å². The predicted octanol–water partition coefficient (Wildman–Crippen LogP) is 2.26. The highest BCUT2D eigenvalue weighted by Gasteiger charge is 2.82. The van der Waals surface area contributed by atoms with Crippen molar-refractivity contribution in [2.75, 3.05) is 18.5 Å². The molecule has 0 radical (unpaired) electrons. The van der Waals surface area contributed by atoms with Gasteiger partial charge in [-0.3, -0.25) is 4.48 Å². The Labute approximate surface area is 161 Å². The Bertz CT molecular complexity index is 826. The number of likely N-dealkylation sites (N-methyl/N-ethyl adjacent to an activating group) is 1. The van der Waals surface area contributed by atoms with Crippen molar-refractivity contribution in [2.45, 2.75) is 62.1 Å². The van der Waals surface area contributed by atoms with Crippen molar-refractivity contribution < 1.29 is 14.7 Å². The summed E-state index contributed by atoms with van der Waals surface area (Å²) < 4.78 is 0.755. The lowest BCUT2D eigenvalue weighted by atomic mass is 9.60. The number of hydrogen-bond donors (Lipinski definition) is 2. The zero-order valence-electron chi connectivity index (χ0n) is 16.3. The molecule has 5 fully saturated rings. The van der Waals surface area contributed by atoms with Gasteiger partial charge in [0.05, 0.1) is 30.1 Å². The Morgan fingerprint density at radius 1 is 1.30 bits per heavy atom. The van der Waals surface area contributed by atoms with Gasteiger partial charge in [-0.15, -0.1) is 0 Å². The highest BCUT2D eigenvalue weighted by Crippen LogP contribution is 2.71. The molecule has 0 unspecified atom stereocenters. The average molecular weight is 368 g/mol. The number of para-hydroxylation sites is 1. The third kappa shape index (κ3) is 1.47. The Kier molecular flexibility index (Phi) is 3.05. The first-order chi connectivity index (χ1) is 13.0. The highest BCUT2D eigenvalue weighted by molar-refractivity contribution is 5.66. The van der Waals surface area contributed by atoms with Crippen molar-refractivity contribution in [2.24, 2.45) is 17.8 Å². The van der Waals surface area contributed by atoms with Gasteiger partial charge in [-0.25, -0.2) is 0 Å². The van der Waals surface area contributed by atoms with Gasteiger partial charge in [0.15, 0.2) is 6.23 Å². The molecular weight excluding hydrogens is 336 g/mol. The molecule has 4 heteroatoms. The molecule has 2 N–H and O–H groups in total. The van der Waals surface area contributed by atoms with E-state index >= 15 is 0 Å². The molecule has 1 spiro atoms. The summed E-state index contributed by atoms with van der Waals surface area (Å²) in [5, 5.41) is 23.5. The quantitative estimate of drug-likeness (QED) is 0.636. The lowest BCUT2D eigenvalue weighted by molar-refractivity contribution is -1.03. The SMILES string of the molecule is C=CC[N@+]12[C@H](O)[C@@H](CC)[C@@H]3C[C@H]1[C@@H]1N(C)c4ccccc4[C@]14C[C@H]2[C@@H]3[C@@H]4O. The molecule has 0 aromatic heterocycles. The first kappa shape index (κ1) is 16.6. The van der Waals surface area contributed by atoms with Crippen LogP contribution in [0, 0.1) is 17.8 Å². The molecule has 1 saturated carbocycles. The Hall–Kier alpha value is -1.36. The van der Waals surface area contributed by atoms with Gasteiger partial charge in [0, 0.05) is 37.4 Å². The van der Waals surface area contributed by atoms with E-state index in [4.69, 9.17) is 0 Å². The maximum absolute atomic E-state index is 11.9. The minimum absolute atomic E-state index is 0.161. The summed E-state index contributed by atoms with van der Waals surface area (Å²) >= 11 is 0. The van der Waals surface area contributed by atoms with E-state index in [2.05, 4.69) is 49.7 Å². The molecular formula is C23H31N2O2+. The maximum atomic E-state index is 11.9. The Morgan fingerprint density at radius 3 is 2.81 bits per heavy atom. The number of benzene rings is 1. The molecule has 0 amide bonds. The molecule has 4 nitrogen and oxygen atoms in total. The van der Waals surface area contributed by atoms with Gasteiger partial charge in [0.1, 0.15) is 6.04 Å². The molecule has 27 heavy (non-hydrogen) atoms. The van der Waals surface area contributed by atoms with Crippen LogP contribution < -0.4 is 4.90 Å². The second-order valence-electron chi connectivity index (χ2n) is 9.83. The van der Waals surface area contributed by atoms with Crippen LogP contribution in [0.5, 0.6) is 0 Å². The molecule has 1 aliphatic carbocycles. The van der Waals surface area contributed by atoms with E-state index in [9.17, 15) is 10.2 Å². The molecule has 6 aliphatic rings. The first-order valence-corrected chi connectivity index (χ1v) is 10.7. The lowest BCUT2D eigenvalue weighted by Crippen LogP contribution is -2.82. The van der Waals surface area contributed by atoms with Crippen LogP contribution >= 0.6 is 0 Å². The van der Waals surface area contributed by atoms with Crippen LogP contribution in [0.1, 0.15) is 31.7 Å². The van der Waals surface area contributed by atoms with Crippen molar-refractivity contribution in [3.05, 3.63) is 42.5 Å². The number of anilines is 1. The number of fused-ring (bicyclic) bond motifs is 2. The molecule has 7 rings (SSSR count). The summed E-state index contributed by atoms with van der Waals surface area (Å²) in [6.45, 7) is 7.10. The summed E-state index contributed by atoms with van der Waals surface area (Å²) in [5.41, 5.74) is 2.47. The molecule has 5 bridgehead atoms. The van der Waals surface area contributed by atoms with Gasteiger partial charge >= 0.3 is 0 Å². The summed E-state index contributed by atoms with van der Waals surface area (Å²) in [6, 6.07) is 9.71. The van der Waals surface area contributed by atoms with E-state index in [-0.39, 0.29) is 23.8 Å². The molecule has 1 aromatic carbocycles. The number of nitrogens with zero attached hydrogens (tertiary/aromatic N) is 2. The van der Waals surface area contributed by atoms with Gasteiger partial charge in [-0.05, 0) is 30.0 Å². The van der Waals surface area contributed by atoms with E-state index < -0.39 is 0 Å². The molecule has 1 aromatic rings. The monoisotopic (exact) mass is 367 g/mol. The molecule has 5 aliphatic heterocycles. The van der Waals surface area contributed by atoms with Gasteiger partial charge in [0.25, 0.3) is 0 Å². The van der Waals surface area contributed by atoms with Crippen molar-refractivity contribution >= 4 is 5.69 Å². The fourth-order valence-electron chi connectivity index (χ4n) is 8.98. The second-order valence-corrected chi connectivity index (χ2v) is 9.83. The number of aliphatic hydroxyl groups is 2. The van der Waals surface area contributed by atoms with Gasteiger partial charge < -0.3 is 15.1 Å². The van der Waals surface area contributed by atoms with Crippen LogP contribution in [0.15, 0.2) is 36.9 Å². The molecule has 4 saturated heterocycles. The number of rotatable bonds is 3. The number of quaternary nitrogens is 1. The number of aliphatic hydroxyl groups excluding tert-OH is 2. The highest BCUT2D eigenvalue weighted by atomic mass is 16.3. The van der Waals surface area contributed by atoms with Gasteiger partial charge in [-0.1, -0.05) is 31.7 Å². The molecule has 5 heterocycles. The van der Waals surface area contributed by atoms with Crippen molar-refractivity contribution in [3.8, 4) is 0 Å². The second kappa shape index (κ2) is 4.97. The fourth-order valence-corrected chi connectivity index (χ4v) is 8.98. The van der Waals surface area contributed by atoms with Gasteiger partial charge in [-0.2, -0.15) is 0 Å². The third-order valence-electron chi connectivity index (χ3n) is 9.56. The third-order valence-corrected chi connectivity index (χ3v) is 9.56. The Balaban J connectivity index is 1.63. The number of piperidine rings is 4. The Morgan fingerprint density at radius 2 is 2.07 bits per heavy atom. The standard InChI is InChI=1S/C23H31N2O2/c1-4-10-25-17-11-14(13(5-2)22(25)27)19-18(25)12-23(21(19)26)15-8-6-7-9-16(15)24(3)20(17)23/h4,6-9,13-14,17-22,26-27H,1,5,10-12H2,2-3H3/q+1/t13-,14-,17-,18-,19+,20-,21-,22+,23+,25-/m0/s1. The van der Waals surface area contributed by atoms with Crippen LogP contribution in [0.25, 0.3) is 0 Å². The van der Waals surface area contributed by atoms with E-state index in [1.54, 1.807) is 0 Å². The topological polar surface area (TPSA) is 43.7 Å². The molecule has 10 atom stereocenters. The van der Waals surface area contributed by atoms with Crippen molar-refractivity contribution in [3.63, 3.8) is 0 Å². The summed E-state index contributed by atoms with van der Waals surface area (Å²) in [4.78, 5) is 2.44.